The molecule has 0 unspecified atom stereocenters. The number of hydrogen-bond acceptors (Lipinski definition) is 8. The Morgan fingerprint density at radius 1 is 1.03 bits per heavy atom. The molecule has 0 spiro atoms. The number of amides is 1. The zero-order valence-electron chi connectivity index (χ0n) is 21.0. The van der Waals surface area contributed by atoms with E-state index in [0.29, 0.717) is 35.7 Å². The molecule has 1 amide bonds. The molecule has 2 aliphatic rings. The smallest absolute Gasteiger partial charge is 0.273 e. The minimum absolute atomic E-state index is 0.0618. The van der Waals surface area contributed by atoms with E-state index in [1.165, 1.54) is 12.1 Å². The van der Waals surface area contributed by atoms with Crippen molar-refractivity contribution < 1.29 is 23.2 Å². The number of ether oxygens (including phenoxy) is 1. The Balaban J connectivity index is 1.48. The molecule has 0 radical (unpaired) electrons. The predicted molar refractivity (Wildman–Crippen MR) is 134 cm³/mol. The van der Waals surface area contributed by atoms with Gasteiger partial charge in [-0.3, -0.25) is 14.9 Å². The van der Waals surface area contributed by atoms with Gasteiger partial charge in [-0.1, -0.05) is 6.07 Å². The number of rotatable bonds is 5. The number of halogens is 2. The maximum atomic E-state index is 13.9. The Morgan fingerprint density at radius 3 is 2.50 bits per heavy atom. The second-order valence-corrected chi connectivity index (χ2v) is 9.46. The van der Waals surface area contributed by atoms with Crippen LogP contribution in [0.3, 0.4) is 0 Å². The lowest BCUT2D eigenvalue weighted by Gasteiger charge is -2.34. The third-order valence-electron chi connectivity index (χ3n) is 6.84. The third-order valence-corrected chi connectivity index (χ3v) is 6.84. The highest BCUT2D eigenvalue weighted by Gasteiger charge is 2.30. The van der Waals surface area contributed by atoms with Gasteiger partial charge in [-0.25, -0.2) is 13.8 Å². The van der Waals surface area contributed by atoms with Gasteiger partial charge in [-0.15, -0.1) is 0 Å². The summed E-state index contributed by atoms with van der Waals surface area (Å²) in [7, 11) is 2.04. The number of nitro groups is 1. The van der Waals surface area contributed by atoms with Crippen LogP contribution in [-0.4, -0.2) is 70.4 Å². The van der Waals surface area contributed by atoms with Gasteiger partial charge in [-0.05, 0) is 32.2 Å². The van der Waals surface area contributed by atoms with Gasteiger partial charge >= 0.3 is 0 Å². The van der Waals surface area contributed by atoms with Crippen molar-refractivity contribution in [1.82, 2.24) is 19.8 Å². The van der Waals surface area contributed by atoms with Crippen LogP contribution in [0.1, 0.15) is 27.2 Å². The molecule has 38 heavy (non-hydrogen) atoms. The largest absolute Gasteiger partial charge is 0.438 e. The predicted octanol–water partition coefficient (Wildman–Crippen LogP) is 3.71. The molecule has 1 saturated heterocycles. The van der Waals surface area contributed by atoms with Gasteiger partial charge in [0.2, 0.25) is 11.8 Å². The number of likely N-dealkylation sites (N-methyl/N-ethyl adjacent to an activating group) is 1. The monoisotopic (exact) mass is 524 g/mol. The molecule has 0 saturated carbocycles. The van der Waals surface area contributed by atoms with E-state index in [1.54, 1.807) is 24.0 Å². The lowest BCUT2D eigenvalue weighted by atomic mass is 10.0. The number of nitro benzene ring substituents is 1. The molecule has 0 aliphatic carbocycles. The van der Waals surface area contributed by atoms with Crippen LogP contribution < -0.4 is 9.64 Å². The molecule has 3 aromatic rings. The first kappa shape index (κ1) is 25.5. The van der Waals surface area contributed by atoms with Gasteiger partial charge in [0, 0.05) is 62.4 Å². The Labute approximate surface area is 217 Å². The molecule has 0 atom stereocenters. The van der Waals surface area contributed by atoms with Crippen LogP contribution in [0, 0.1) is 28.7 Å². The van der Waals surface area contributed by atoms with Crippen molar-refractivity contribution in [2.45, 2.75) is 19.9 Å². The van der Waals surface area contributed by atoms with Crippen molar-refractivity contribution >= 4 is 17.5 Å². The lowest BCUT2D eigenvalue weighted by molar-refractivity contribution is -0.385. The van der Waals surface area contributed by atoms with Gasteiger partial charge in [-0.2, -0.15) is 4.98 Å². The van der Waals surface area contributed by atoms with E-state index in [0.717, 1.165) is 38.3 Å². The summed E-state index contributed by atoms with van der Waals surface area (Å²) in [6.07, 6.45) is 0.409. The fourth-order valence-corrected chi connectivity index (χ4v) is 4.55. The minimum Gasteiger partial charge on any atom is -0.438 e. The third kappa shape index (κ3) is 5.12. The second-order valence-electron chi connectivity index (χ2n) is 9.46. The zero-order chi connectivity index (χ0) is 27.0. The Hall–Kier alpha value is -4.19. The van der Waals surface area contributed by atoms with E-state index in [9.17, 15) is 23.7 Å². The van der Waals surface area contributed by atoms with Gasteiger partial charge in [0.25, 0.3) is 11.6 Å². The van der Waals surface area contributed by atoms with Crippen molar-refractivity contribution in [3.8, 4) is 11.6 Å². The first-order valence-corrected chi connectivity index (χ1v) is 12.2. The minimum atomic E-state index is -1.05. The number of aryl methyl sites for hydroxylation is 1. The maximum absolute atomic E-state index is 13.9. The molecule has 12 heteroatoms. The lowest BCUT2D eigenvalue weighted by Crippen LogP contribution is -2.45. The fraction of sp³-hybridized carbons (Fsp3) is 0.346. The van der Waals surface area contributed by atoms with E-state index < -0.39 is 16.6 Å². The van der Waals surface area contributed by atoms with Gasteiger partial charge in [0.15, 0.2) is 11.6 Å². The van der Waals surface area contributed by atoms with Crippen molar-refractivity contribution in [2.75, 3.05) is 44.7 Å². The van der Waals surface area contributed by atoms with Crippen LogP contribution in [0.2, 0.25) is 0 Å². The number of anilines is 1. The topological polar surface area (TPSA) is 105 Å². The molecule has 1 fully saturated rings. The molecule has 0 bridgehead atoms. The average molecular weight is 525 g/mol. The molecule has 5 rings (SSSR count). The SMILES string of the molecule is Cc1ccc(C(=O)N2CCc3nc(N4CCN(C)CC4)nc(Oc4ccc(F)c(F)c4)c3C2)cc1[N+](=O)[O-]. The summed E-state index contributed by atoms with van der Waals surface area (Å²) >= 11 is 0. The van der Waals surface area contributed by atoms with E-state index in [4.69, 9.17) is 9.72 Å². The molecule has 10 nitrogen and oxygen atoms in total. The van der Waals surface area contributed by atoms with Crippen LogP contribution in [0.5, 0.6) is 11.6 Å². The molecule has 1 aromatic heterocycles. The first-order chi connectivity index (χ1) is 18.2. The second kappa shape index (κ2) is 10.3. The molecular weight excluding hydrogens is 498 g/mol. The van der Waals surface area contributed by atoms with Crippen LogP contribution >= 0.6 is 0 Å². The Kier molecular flexibility index (Phi) is 6.89. The molecular formula is C26H26F2N6O4. The molecule has 2 aromatic carbocycles. The van der Waals surface area contributed by atoms with Crippen molar-refractivity contribution in [1.29, 1.82) is 0 Å². The summed E-state index contributed by atoms with van der Waals surface area (Å²) in [6, 6.07) is 7.60. The number of aromatic nitrogens is 2. The van der Waals surface area contributed by atoms with Crippen LogP contribution in [0.25, 0.3) is 0 Å². The number of carbonyl (C=O) groups excluding carboxylic acids is 1. The first-order valence-electron chi connectivity index (χ1n) is 12.2. The summed E-state index contributed by atoms with van der Waals surface area (Å²) in [5.41, 5.74) is 1.78. The van der Waals surface area contributed by atoms with Crippen LogP contribution in [-0.2, 0) is 13.0 Å². The summed E-state index contributed by atoms with van der Waals surface area (Å²) in [5, 5.41) is 11.4. The van der Waals surface area contributed by atoms with Crippen molar-refractivity contribution in [2.24, 2.45) is 0 Å². The maximum Gasteiger partial charge on any atom is 0.273 e. The summed E-state index contributed by atoms with van der Waals surface area (Å²) < 4.78 is 33.3. The Bertz CT molecular complexity index is 1410. The van der Waals surface area contributed by atoms with Crippen LogP contribution in [0.15, 0.2) is 36.4 Å². The number of carbonyl (C=O) groups is 1. The van der Waals surface area contributed by atoms with E-state index in [-0.39, 0.29) is 35.3 Å². The summed E-state index contributed by atoms with van der Waals surface area (Å²) in [4.78, 5) is 39.4. The number of hydrogen-bond donors (Lipinski definition) is 0. The average Bonchev–Trinajstić information content (AvgIpc) is 2.90. The standard InChI is InChI=1S/C26H26F2N6O4/c1-16-3-4-17(13-23(16)34(36)37)25(35)33-8-7-22-19(15-33)24(38-18-5-6-20(27)21(28)14-18)30-26(29-22)32-11-9-31(2)10-12-32/h3-6,13-14H,7-12,15H2,1-2H3. The number of piperazine rings is 1. The van der Waals surface area contributed by atoms with Gasteiger partial charge in [0.1, 0.15) is 5.75 Å². The summed E-state index contributed by atoms with van der Waals surface area (Å²) in [5.74, 6) is -1.73. The molecule has 3 heterocycles. The number of nitrogens with zero attached hydrogens (tertiary/aromatic N) is 6. The van der Waals surface area contributed by atoms with Crippen molar-refractivity contribution in [3.05, 3.63) is 80.5 Å². The highest BCUT2D eigenvalue weighted by molar-refractivity contribution is 5.95. The van der Waals surface area contributed by atoms with Gasteiger partial charge < -0.3 is 19.4 Å². The fourth-order valence-electron chi connectivity index (χ4n) is 4.55. The quantitative estimate of drug-likeness (QED) is 0.368. The highest BCUT2D eigenvalue weighted by atomic mass is 19.2. The normalized spacial score (nSPS) is 15.8. The van der Waals surface area contributed by atoms with Crippen LogP contribution in [0.4, 0.5) is 20.4 Å². The Morgan fingerprint density at radius 2 is 1.79 bits per heavy atom. The summed E-state index contributed by atoms with van der Waals surface area (Å²) in [6.45, 7) is 5.17. The number of fused-ring (bicyclic) bond motifs is 1. The van der Waals surface area contributed by atoms with E-state index in [2.05, 4.69) is 9.88 Å². The van der Waals surface area contributed by atoms with Gasteiger partial charge in [0.05, 0.1) is 22.7 Å². The number of benzene rings is 2. The molecule has 0 N–H and O–H groups in total. The highest BCUT2D eigenvalue weighted by Crippen LogP contribution is 2.33. The molecule has 2 aliphatic heterocycles. The zero-order valence-corrected chi connectivity index (χ0v) is 21.0. The molecule has 198 valence electrons. The van der Waals surface area contributed by atoms with Crippen molar-refractivity contribution in [3.63, 3.8) is 0 Å². The van der Waals surface area contributed by atoms with E-state index >= 15 is 0 Å². The van der Waals surface area contributed by atoms with E-state index in [1.807, 2.05) is 11.9 Å².